The van der Waals surface area contributed by atoms with Gasteiger partial charge in [-0.2, -0.15) is 5.26 Å². The third-order valence-corrected chi connectivity index (χ3v) is 3.64. The van der Waals surface area contributed by atoms with Gasteiger partial charge in [0.2, 0.25) is 0 Å². The fraction of sp³-hybridized carbons (Fsp3) is 0.0769. The molecule has 2 rings (SSSR count). The summed E-state index contributed by atoms with van der Waals surface area (Å²) in [5, 5.41) is 9.29. The first-order chi connectivity index (χ1) is 9.06. The normalized spacial score (nSPS) is 10.3. The molecule has 0 saturated carbocycles. The second-order valence-electron chi connectivity index (χ2n) is 3.69. The predicted octanol–water partition coefficient (Wildman–Crippen LogP) is 4.91. The van der Waals surface area contributed by atoms with Crippen molar-refractivity contribution in [3.05, 3.63) is 50.8 Å². The molecule has 1 aromatic carbocycles. The summed E-state index contributed by atoms with van der Waals surface area (Å²) >= 11 is 18.0. The maximum Gasteiger partial charge on any atom is 0.153 e. The Balaban J connectivity index is 2.70. The predicted molar refractivity (Wildman–Crippen MR) is 74.0 cm³/mol. The molecule has 0 amide bonds. The first-order valence-corrected chi connectivity index (χ1v) is 6.34. The third kappa shape index (κ3) is 2.66. The summed E-state index contributed by atoms with van der Waals surface area (Å²) in [5.41, 5.74) is 0.456. The van der Waals surface area contributed by atoms with Crippen molar-refractivity contribution in [2.24, 2.45) is 0 Å². The Hall–Kier alpha value is -1.34. The van der Waals surface area contributed by atoms with E-state index in [-0.39, 0.29) is 38.3 Å². The zero-order chi connectivity index (χ0) is 14.0. The molecular weight excluding hydrogens is 310 g/mol. The van der Waals surface area contributed by atoms with Crippen LogP contribution in [-0.4, -0.2) is 4.98 Å². The van der Waals surface area contributed by atoms with Gasteiger partial charge in [0, 0.05) is 17.3 Å². The Bertz CT molecular complexity index is 680. The standard InChI is InChI=1S/C13H6Cl3FN2/c14-8-1-2-9(15)11(16)10(8)13-12(17)7(3-5-18)4-6-19-13/h1-2,4,6H,3H2. The average molecular weight is 316 g/mol. The summed E-state index contributed by atoms with van der Waals surface area (Å²) in [7, 11) is 0. The number of halogens is 4. The second kappa shape index (κ2) is 5.75. The van der Waals surface area contributed by atoms with Crippen LogP contribution in [0.2, 0.25) is 15.1 Å². The van der Waals surface area contributed by atoms with E-state index in [2.05, 4.69) is 4.98 Å². The zero-order valence-electron chi connectivity index (χ0n) is 9.42. The number of rotatable bonds is 2. The number of aromatic nitrogens is 1. The first-order valence-electron chi connectivity index (χ1n) is 5.20. The van der Waals surface area contributed by atoms with Crippen molar-refractivity contribution in [2.75, 3.05) is 0 Å². The van der Waals surface area contributed by atoms with Crippen LogP contribution in [0, 0.1) is 17.1 Å². The van der Waals surface area contributed by atoms with E-state index < -0.39 is 5.82 Å². The average Bonchev–Trinajstić information content (AvgIpc) is 2.39. The third-order valence-electron chi connectivity index (χ3n) is 2.52. The fourth-order valence-electron chi connectivity index (χ4n) is 1.62. The minimum atomic E-state index is -0.616. The van der Waals surface area contributed by atoms with Crippen molar-refractivity contribution in [3.8, 4) is 17.3 Å². The molecule has 0 aliphatic rings. The van der Waals surface area contributed by atoms with Crippen LogP contribution in [0.4, 0.5) is 4.39 Å². The lowest BCUT2D eigenvalue weighted by molar-refractivity contribution is 0.613. The van der Waals surface area contributed by atoms with Gasteiger partial charge in [-0.3, -0.25) is 4.98 Å². The number of nitrogens with zero attached hydrogens (tertiary/aromatic N) is 2. The molecular formula is C13H6Cl3FN2. The van der Waals surface area contributed by atoms with E-state index in [4.69, 9.17) is 40.1 Å². The van der Waals surface area contributed by atoms with Crippen molar-refractivity contribution in [2.45, 2.75) is 6.42 Å². The summed E-state index contributed by atoms with van der Waals surface area (Å²) in [6.45, 7) is 0. The zero-order valence-corrected chi connectivity index (χ0v) is 11.7. The summed E-state index contributed by atoms with van der Waals surface area (Å²) in [6, 6.07) is 6.36. The lowest BCUT2D eigenvalue weighted by Crippen LogP contribution is -1.97. The molecule has 0 fully saturated rings. The molecule has 2 aromatic rings. The van der Waals surface area contributed by atoms with Gasteiger partial charge in [0.25, 0.3) is 0 Å². The maximum atomic E-state index is 14.3. The number of benzene rings is 1. The minimum Gasteiger partial charge on any atom is -0.253 e. The Labute approximate surface area is 124 Å². The van der Waals surface area contributed by atoms with E-state index in [1.54, 1.807) is 0 Å². The molecule has 19 heavy (non-hydrogen) atoms. The molecule has 0 unspecified atom stereocenters. The number of hydrogen-bond donors (Lipinski definition) is 0. The van der Waals surface area contributed by atoms with Gasteiger partial charge in [0.1, 0.15) is 5.69 Å². The van der Waals surface area contributed by atoms with Crippen molar-refractivity contribution >= 4 is 34.8 Å². The molecule has 0 N–H and O–H groups in total. The molecule has 0 spiro atoms. The molecule has 0 aliphatic carbocycles. The molecule has 0 bridgehead atoms. The van der Waals surface area contributed by atoms with E-state index in [1.807, 2.05) is 6.07 Å². The molecule has 6 heteroatoms. The highest BCUT2D eigenvalue weighted by molar-refractivity contribution is 6.46. The Morgan fingerprint density at radius 3 is 2.53 bits per heavy atom. The van der Waals surface area contributed by atoms with Crippen LogP contribution in [0.1, 0.15) is 5.56 Å². The monoisotopic (exact) mass is 314 g/mol. The summed E-state index contributed by atoms with van der Waals surface area (Å²) in [6.07, 6.45) is 1.34. The highest BCUT2D eigenvalue weighted by Gasteiger charge is 2.18. The van der Waals surface area contributed by atoms with Gasteiger partial charge in [-0.05, 0) is 18.2 Å². The van der Waals surface area contributed by atoms with E-state index >= 15 is 0 Å². The van der Waals surface area contributed by atoms with Crippen LogP contribution in [0.15, 0.2) is 24.4 Å². The lowest BCUT2D eigenvalue weighted by Gasteiger charge is -2.10. The maximum absolute atomic E-state index is 14.3. The number of pyridine rings is 1. The Morgan fingerprint density at radius 1 is 1.16 bits per heavy atom. The highest BCUT2D eigenvalue weighted by Crippen LogP contribution is 2.39. The van der Waals surface area contributed by atoms with Crippen LogP contribution in [-0.2, 0) is 6.42 Å². The van der Waals surface area contributed by atoms with Crippen LogP contribution in [0.5, 0.6) is 0 Å². The summed E-state index contributed by atoms with van der Waals surface area (Å²) in [5.74, 6) is -0.616. The van der Waals surface area contributed by atoms with Crippen LogP contribution >= 0.6 is 34.8 Å². The number of hydrogen-bond acceptors (Lipinski definition) is 2. The van der Waals surface area contributed by atoms with Gasteiger partial charge in [0.15, 0.2) is 5.82 Å². The van der Waals surface area contributed by atoms with Crippen LogP contribution < -0.4 is 0 Å². The SMILES string of the molecule is N#CCc1ccnc(-c2c(Cl)ccc(Cl)c2Cl)c1F. The summed E-state index contributed by atoms with van der Waals surface area (Å²) < 4.78 is 14.3. The van der Waals surface area contributed by atoms with Crippen molar-refractivity contribution in [1.29, 1.82) is 5.26 Å². The van der Waals surface area contributed by atoms with Gasteiger partial charge in [-0.1, -0.05) is 34.8 Å². The topological polar surface area (TPSA) is 36.7 Å². The molecule has 0 aliphatic heterocycles. The van der Waals surface area contributed by atoms with E-state index in [0.717, 1.165) is 0 Å². The summed E-state index contributed by atoms with van der Waals surface area (Å²) in [4.78, 5) is 3.94. The van der Waals surface area contributed by atoms with Gasteiger partial charge in [0.05, 0.1) is 27.6 Å². The molecule has 1 aromatic heterocycles. The van der Waals surface area contributed by atoms with Crippen LogP contribution in [0.3, 0.4) is 0 Å². The van der Waals surface area contributed by atoms with Crippen molar-refractivity contribution in [3.63, 3.8) is 0 Å². The van der Waals surface area contributed by atoms with Gasteiger partial charge >= 0.3 is 0 Å². The van der Waals surface area contributed by atoms with Crippen molar-refractivity contribution < 1.29 is 4.39 Å². The molecule has 96 valence electrons. The fourth-order valence-corrected chi connectivity index (χ4v) is 2.33. The second-order valence-corrected chi connectivity index (χ2v) is 4.88. The van der Waals surface area contributed by atoms with Gasteiger partial charge in [-0.15, -0.1) is 0 Å². The molecule has 0 saturated heterocycles. The quantitative estimate of drug-likeness (QED) is 0.738. The van der Waals surface area contributed by atoms with Gasteiger partial charge < -0.3 is 0 Å². The molecule has 1 heterocycles. The van der Waals surface area contributed by atoms with Crippen molar-refractivity contribution in [1.82, 2.24) is 4.98 Å². The van der Waals surface area contributed by atoms with Gasteiger partial charge in [-0.25, -0.2) is 4.39 Å². The Kier molecular flexibility index (Phi) is 4.26. The smallest absolute Gasteiger partial charge is 0.153 e. The van der Waals surface area contributed by atoms with Crippen LogP contribution in [0.25, 0.3) is 11.3 Å². The van der Waals surface area contributed by atoms with E-state index in [0.29, 0.717) is 0 Å². The molecule has 2 nitrogen and oxygen atoms in total. The first kappa shape index (κ1) is 14.1. The van der Waals surface area contributed by atoms with E-state index in [9.17, 15) is 4.39 Å². The largest absolute Gasteiger partial charge is 0.253 e. The molecule has 0 atom stereocenters. The lowest BCUT2D eigenvalue weighted by atomic mass is 10.1. The highest BCUT2D eigenvalue weighted by atomic mass is 35.5. The Morgan fingerprint density at radius 2 is 1.84 bits per heavy atom. The minimum absolute atomic E-state index is 0.00903. The molecule has 0 radical (unpaired) electrons. The van der Waals surface area contributed by atoms with E-state index in [1.165, 1.54) is 24.4 Å². The number of nitriles is 1.